The van der Waals surface area contributed by atoms with Crippen LogP contribution in [0.15, 0.2) is 18.2 Å². The molecule has 74 valence electrons. The van der Waals surface area contributed by atoms with Crippen LogP contribution in [-0.4, -0.2) is 19.6 Å². The number of anilines is 2. The van der Waals surface area contributed by atoms with Gasteiger partial charge < -0.3 is 16.0 Å². The van der Waals surface area contributed by atoms with Gasteiger partial charge in [0.25, 0.3) is 0 Å². The number of carbonyl (C=O) groups excluding carboxylic acids is 1. The van der Waals surface area contributed by atoms with Gasteiger partial charge in [-0.2, -0.15) is 0 Å². The number of carbonyl (C=O) groups is 1. The van der Waals surface area contributed by atoms with Crippen LogP contribution >= 0.6 is 0 Å². The maximum absolute atomic E-state index is 10.6. The van der Waals surface area contributed by atoms with Crippen LogP contribution in [0.2, 0.25) is 0 Å². The lowest BCUT2D eigenvalue weighted by atomic mass is 10.1. The molecule has 0 unspecified atom stereocenters. The predicted molar refractivity (Wildman–Crippen MR) is 56.6 cm³/mol. The highest BCUT2D eigenvalue weighted by Gasteiger charge is 2.15. The van der Waals surface area contributed by atoms with Gasteiger partial charge in [0.1, 0.15) is 0 Å². The number of primary amides is 1. The molecule has 0 saturated heterocycles. The normalized spacial score (nSPS) is 13.9. The van der Waals surface area contributed by atoms with Crippen LogP contribution in [0.3, 0.4) is 0 Å². The molecule has 1 aliphatic rings. The van der Waals surface area contributed by atoms with Crippen LogP contribution in [-0.2, 0) is 6.42 Å². The van der Waals surface area contributed by atoms with E-state index in [0.29, 0.717) is 0 Å². The van der Waals surface area contributed by atoms with E-state index in [-0.39, 0.29) is 0 Å². The van der Waals surface area contributed by atoms with E-state index >= 15 is 0 Å². The number of nitrogens with zero attached hydrogens (tertiary/aromatic N) is 1. The van der Waals surface area contributed by atoms with Gasteiger partial charge in [-0.1, -0.05) is 6.07 Å². The topological polar surface area (TPSA) is 58.4 Å². The van der Waals surface area contributed by atoms with Gasteiger partial charge in [0.15, 0.2) is 0 Å². The van der Waals surface area contributed by atoms with Crippen molar-refractivity contribution < 1.29 is 4.79 Å². The lowest BCUT2D eigenvalue weighted by molar-refractivity contribution is 0.259. The summed E-state index contributed by atoms with van der Waals surface area (Å²) in [7, 11) is 2.04. The minimum absolute atomic E-state index is 0.523. The highest BCUT2D eigenvalue weighted by molar-refractivity contribution is 5.88. The number of nitrogens with one attached hydrogen (secondary N) is 1. The highest BCUT2D eigenvalue weighted by Crippen LogP contribution is 2.29. The van der Waals surface area contributed by atoms with E-state index in [2.05, 4.69) is 10.2 Å². The zero-order valence-corrected chi connectivity index (χ0v) is 8.08. The van der Waals surface area contributed by atoms with Crippen molar-refractivity contribution in [1.29, 1.82) is 0 Å². The molecular weight excluding hydrogens is 178 g/mol. The van der Waals surface area contributed by atoms with Gasteiger partial charge in [-0.3, -0.25) is 0 Å². The molecule has 0 radical (unpaired) electrons. The first kappa shape index (κ1) is 8.87. The fraction of sp³-hybridized carbons (Fsp3) is 0.300. The van der Waals surface area contributed by atoms with Gasteiger partial charge in [0.2, 0.25) is 0 Å². The second-order valence-electron chi connectivity index (χ2n) is 3.50. The summed E-state index contributed by atoms with van der Waals surface area (Å²) in [6, 6.07) is 5.34. The maximum Gasteiger partial charge on any atom is 0.316 e. The minimum atomic E-state index is -0.523. The summed E-state index contributed by atoms with van der Waals surface area (Å²) in [6.07, 6.45) is 1.07. The predicted octanol–water partition coefficient (Wildman–Crippen LogP) is 1.17. The summed E-state index contributed by atoms with van der Waals surface area (Å²) in [4.78, 5) is 12.8. The quantitative estimate of drug-likeness (QED) is 0.700. The Kier molecular flexibility index (Phi) is 2.04. The van der Waals surface area contributed by atoms with Crippen molar-refractivity contribution in [1.82, 2.24) is 0 Å². The van der Waals surface area contributed by atoms with Crippen molar-refractivity contribution in [3.8, 4) is 0 Å². The van der Waals surface area contributed by atoms with Crippen LogP contribution in [0.25, 0.3) is 0 Å². The monoisotopic (exact) mass is 191 g/mol. The first-order valence-corrected chi connectivity index (χ1v) is 4.57. The van der Waals surface area contributed by atoms with Crippen LogP contribution in [0.5, 0.6) is 0 Å². The zero-order valence-electron chi connectivity index (χ0n) is 8.08. The number of hydrogen-bond acceptors (Lipinski definition) is 2. The molecule has 1 aliphatic heterocycles. The number of rotatable bonds is 1. The molecule has 2 amide bonds. The third kappa shape index (κ3) is 1.51. The summed E-state index contributed by atoms with van der Waals surface area (Å²) in [6.45, 7) is 1.04. The molecule has 1 heterocycles. The number of fused-ring (bicyclic) bond motifs is 1. The summed E-state index contributed by atoms with van der Waals surface area (Å²) in [5.74, 6) is 0. The zero-order chi connectivity index (χ0) is 10.1. The van der Waals surface area contributed by atoms with E-state index in [1.165, 1.54) is 11.3 Å². The molecule has 14 heavy (non-hydrogen) atoms. The molecule has 0 fully saturated rings. The van der Waals surface area contributed by atoms with Crippen molar-refractivity contribution in [2.45, 2.75) is 6.42 Å². The van der Waals surface area contributed by atoms with Crippen molar-refractivity contribution in [3.63, 3.8) is 0 Å². The van der Waals surface area contributed by atoms with Gasteiger partial charge in [0.05, 0.1) is 0 Å². The second-order valence-corrected chi connectivity index (χ2v) is 3.50. The van der Waals surface area contributed by atoms with Crippen molar-refractivity contribution in [2.75, 3.05) is 23.8 Å². The largest absolute Gasteiger partial charge is 0.374 e. The van der Waals surface area contributed by atoms with E-state index < -0.39 is 6.03 Å². The molecule has 0 saturated carbocycles. The fourth-order valence-electron chi connectivity index (χ4n) is 1.76. The van der Waals surface area contributed by atoms with E-state index in [1.807, 2.05) is 25.2 Å². The molecule has 0 bridgehead atoms. The molecule has 0 aromatic heterocycles. The third-order valence-electron chi connectivity index (χ3n) is 2.48. The van der Waals surface area contributed by atoms with Crippen LogP contribution < -0.4 is 16.0 Å². The second kappa shape index (κ2) is 3.21. The van der Waals surface area contributed by atoms with Crippen molar-refractivity contribution >= 4 is 17.4 Å². The Labute approximate surface area is 82.7 Å². The Hall–Kier alpha value is -1.71. The average molecular weight is 191 g/mol. The van der Waals surface area contributed by atoms with Gasteiger partial charge in [-0.15, -0.1) is 0 Å². The first-order valence-electron chi connectivity index (χ1n) is 4.57. The molecule has 0 spiro atoms. The van der Waals surface area contributed by atoms with E-state index in [4.69, 9.17) is 5.73 Å². The number of hydrogen-bond donors (Lipinski definition) is 2. The summed E-state index contributed by atoms with van der Waals surface area (Å²) < 4.78 is 0. The van der Waals surface area contributed by atoms with Crippen LogP contribution in [0.1, 0.15) is 5.56 Å². The van der Waals surface area contributed by atoms with E-state index in [0.717, 1.165) is 18.7 Å². The summed E-state index contributed by atoms with van der Waals surface area (Å²) in [5, 5.41) is 2.57. The number of urea groups is 1. The lowest BCUT2D eigenvalue weighted by Gasteiger charge is -2.12. The van der Waals surface area contributed by atoms with Gasteiger partial charge in [-0.05, 0) is 24.1 Å². The Morgan fingerprint density at radius 2 is 2.36 bits per heavy atom. The van der Waals surface area contributed by atoms with Crippen LogP contribution in [0, 0.1) is 0 Å². The van der Waals surface area contributed by atoms with Gasteiger partial charge in [0, 0.05) is 25.0 Å². The molecule has 4 nitrogen and oxygen atoms in total. The molecular formula is C10H13N3O. The molecule has 0 atom stereocenters. The number of benzene rings is 1. The van der Waals surface area contributed by atoms with E-state index in [1.54, 1.807) is 0 Å². The number of likely N-dealkylation sites (N-methyl/N-ethyl adjacent to an activating group) is 1. The lowest BCUT2D eigenvalue weighted by Crippen LogP contribution is -2.19. The number of nitrogens with two attached hydrogens (primary N) is 1. The Bertz CT molecular complexity index is 376. The SMILES string of the molecule is CN1CCc2ccc(NC(N)=O)cc21. The maximum atomic E-state index is 10.6. The van der Waals surface area contributed by atoms with Gasteiger partial charge in [-0.25, -0.2) is 4.79 Å². The molecule has 1 aromatic carbocycles. The number of amides is 2. The van der Waals surface area contributed by atoms with E-state index in [9.17, 15) is 4.79 Å². The molecule has 4 heteroatoms. The third-order valence-corrected chi connectivity index (χ3v) is 2.48. The highest BCUT2D eigenvalue weighted by atomic mass is 16.2. The Morgan fingerprint density at radius 3 is 3.07 bits per heavy atom. The fourth-order valence-corrected chi connectivity index (χ4v) is 1.76. The summed E-state index contributed by atoms with van der Waals surface area (Å²) in [5.41, 5.74) is 8.29. The summed E-state index contributed by atoms with van der Waals surface area (Å²) >= 11 is 0. The Balaban J connectivity index is 2.30. The van der Waals surface area contributed by atoms with Gasteiger partial charge >= 0.3 is 6.03 Å². The molecule has 2 rings (SSSR count). The van der Waals surface area contributed by atoms with Crippen molar-refractivity contribution in [2.24, 2.45) is 5.73 Å². The minimum Gasteiger partial charge on any atom is -0.374 e. The molecule has 3 N–H and O–H groups in total. The Morgan fingerprint density at radius 1 is 1.57 bits per heavy atom. The standard InChI is InChI=1S/C10H13N3O/c1-13-5-4-7-2-3-8(6-9(7)13)12-10(11)14/h2-3,6H,4-5H2,1H3,(H3,11,12,14). The molecule has 1 aromatic rings. The molecule has 0 aliphatic carbocycles. The average Bonchev–Trinajstić information content (AvgIpc) is 2.47. The first-order chi connectivity index (χ1) is 6.66. The smallest absolute Gasteiger partial charge is 0.316 e. The van der Waals surface area contributed by atoms with Crippen molar-refractivity contribution in [3.05, 3.63) is 23.8 Å². The van der Waals surface area contributed by atoms with Crippen LogP contribution in [0.4, 0.5) is 16.2 Å².